The second-order valence-corrected chi connectivity index (χ2v) is 6.21. The summed E-state index contributed by atoms with van der Waals surface area (Å²) in [4.78, 5) is 14.1. The lowest BCUT2D eigenvalue weighted by molar-refractivity contribution is -0.131. The van der Waals surface area contributed by atoms with Crippen LogP contribution in [0.25, 0.3) is 10.8 Å². The number of carbonyl (C=O) groups is 1. The van der Waals surface area contributed by atoms with E-state index in [9.17, 15) is 4.79 Å². The van der Waals surface area contributed by atoms with Crippen LogP contribution in [0.4, 0.5) is 0 Å². The first kappa shape index (κ1) is 13.5. The molecule has 0 saturated carbocycles. The minimum absolute atomic E-state index is 0.0724. The Bertz CT molecular complexity index is 623. The fraction of sp³-hybridized carbons (Fsp3) is 0.312. The van der Waals surface area contributed by atoms with E-state index in [1.165, 1.54) is 10.8 Å². The molecule has 1 saturated heterocycles. The molecule has 0 bridgehead atoms. The third kappa shape index (κ3) is 2.81. The van der Waals surface area contributed by atoms with E-state index in [1.54, 1.807) is 11.8 Å². The molecule has 1 fully saturated rings. The maximum atomic E-state index is 12.2. The Morgan fingerprint density at radius 2 is 2.05 bits per heavy atom. The van der Waals surface area contributed by atoms with Gasteiger partial charge < -0.3 is 10.6 Å². The van der Waals surface area contributed by atoms with E-state index < -0.39 is 6.04 Å². The normalized spacial score (nSPS) is 16.6. The van der Waals surface area contributed by atoms with E-state index in [0.29, 0.717) is 6.42 Å². The van der Waals surface area contributed by atoms with Crippen molar-refractivity contribution in [1.29, 1.82) is 0 Å². The van der Waals surface area contributed by atoms with Crippen molar-refractivity contribution in [3.63, 3.8) is 0 Å². The lowest BCUT2D eigenvalue weighted by atomic mass is 10.0. The Morgan fingerprint density at radius 3 is 2.80 bits per heavy atom. The molecule has 2 aromatic carbocycles. The zero-order valence-electron chi connectivity index (χ0n) is 11.3. The average Bonchev–Trinajstić information content (AvgIpc) is 3.00. The first-order chi connectivity index (χ1) is 9.74. The molecule has 104 valence electrons. The molecule has 1 atom stereocenters. The van der Waals surface area contributed by atoms with Crippen LogP contribution < -0.4 is 5.73 Å². The van der Waals surface area contributed by atoms with E-state index >= 15 is 0 Å². The molecule has 1 aliphatic heterocycles. The monoisotopic (exact) mass is 286 g/mol. The van der Waals surface area contributed by atoms with Crippen molar-refractivity contribution >= 4 is 28.4 Å². The molecule has 3 nitrogen and oxygen atoms in total. The summed E-state index contributed by atoms with van der Waals surface area (Å²) in [6.07, 6.45) is 0.602. The van der Waals surface area contributed by atoms with E-state index in [-0.39, 0.29) is 5.91 Å². The molecule has 20 heavy (non-hydrogen) atoms. The fourth-order valence-corrected chi connectivity index (χ4v) is 3.48. The maximum absolute atomic E-state index is 12.2. The number of nitrogens with zero attached hydrogens (tertiary/aromatic N) is 1. The van der Waals surface area contributed by atoms with Gasteiger partial charge in [0.15, 0.2) is 0 Å². The number of rotatable bonds is 3. The highest BCUT2D eigenvalue weighted by molar-refractivity contribution is 7.99. The average molecular weight is 286 g/mol. The van der Waals surface area contributed by atoms with Crippen LogP contribution in [0.2, 0.25) is 0 Å². The molecule has 0 unspecified atom stereocenters. The summed E-state index contributed by atoms with van der Waals surface area (Å²) in [5, 5.41) is 2.41. The third-order valence-electron chi connectivity index (χ3n) is 3.65. The van der Waals surface area contributed by atoms with Crippen LogP contribution >= 0.6 is 11.8 Å². The summed E-state index contributed by atoms with van der Waals surface area (Å²) in [6.45, 7) is 0.828. The van der Waals surface area contributed by atoms with Crippen molar-refractivity contribution in [1.82, 2.24) is 4.90 Å². The van der Waals surface area contributed by atoms with Gasteiger partial charge in [0, 0.05) is 12.3 Å². The maximum Gasteiger partial charge on any atom is 0.240 e. The van der Waals surface area contributed by atoms with Crippen LogP contribution in [0.1, 0.15) is 5.56 Å². The van der Waals surface area contributed by atoms with Gasteiger partial charge in [0.25, 0.3) is 0 Å². The third-order valence-corrected chi connectivity index (χ3v) is 4.62. The highest BCUT2D eigenvalue weighted by atomic mass is 32.2. The van der Waals surface area contributed by atoms with Gasteiger partial charge in [-0.25, -0.2) is 0 Å². The fourth-order valence-electron chi connectivity index (χ4n) is 2.53. The molecule has 2 N–H and O–H groups in total. The topological polar surface area (TPSA) is 46.3 Å². The smallest absolute Gasteiger partial charge is 0.240 e. The van der Waals surface area contributed by atoms with Crippen molar-refractivity contribution in [2.45, 2.75) is 12.5 Å². The van der Waals surface area contributed by atoms with Crippen LogP contribution in [0, 0.1) is 0 Å². The standard InChI is InChI=1S/C16H18N2OS/c17-15(16(19)18-7-8-20-11-18)10-12-5-6-13-3-1-2-4-14(13)9-12/h1-6,9,15H,7-8,10-11,17H2/t15-/m0/s1. The number of carbonyl (C=O) groups excluding carboxylic acids is 1. The van der Waals surface area contributed by atoms with Crippen molar-refractivity contribution < 1.29 is 4.79 Å². The van der Waals surface area contributed by atoms with Gasteiger partial charge >= 0.3 is 0 Å². The Hall–Kier alpha value is -1.52. The number of thioether (sulfide) groups is 1. The van der Waals surface area contributed by atoms with Gasteiger partial charge in [-0.15, -0.1) is 11.8 Å². The molecule has 1 heterocycles. The molecular weight excluding hydrogens is 268 g/mol. The van der Waals surface area contributed by atoms with Crippen LogP contribution in [0.15, 0.2) is 42.5 Å². The Labute approximate surface area is 123 Å². The SMILES string of the molecule is N[C@@H](Cc1ccc2ccccc2c1)C(=O)N1CCSC1. The lowest BCUT2D eigenvalue weighted by Crippen LogP contribution is -2.43. The van der Waals surface area contributed by atoms with Gasteiger partial charge in [-0.05, 0) is 22.8 Å². The second-order valence-electron chi connectivity index (χ2n) is 5.13. The van der Waals surface area contributed by atoms with Crippen LogP contribution in [0.5, 0.6) is 0 Å². The van der Waals surface area contributed by atoms with Gasteiger partial charge in [-0.3, -0.25) is 4.79 Å². The molecule has 1 amide bonds. The number of nitrogens with two attached hydrogens (primary N) is 1. The number of benzene rings is 2. The zero-order valence-corrected chi connectivity index (χ0v) is 12.1. The van der Waals surface area contributed by atoms with Gasteiger partial charge in [-0.1, -0.05) is 42.5 Å². The van der Waals surface area contributed by atoms with Gasteiger partial charge in [0.1, 0.15) is 0 Å². The van der Waals surface area contributed by atoms with Crippen molar-refractivity contribution in [3.05, 3.63) is 48.0 Å². The highest BCUT2D eigenvalue weighted by Gasteiger charge is 2.23. The number of fused-ring (bicyclic) bond motifs is 1. The highest BCUT2D eigenvalue weighted by Crippen LogP contribution is 2.18. The molecule has 2 aromatic rings. The second kappa shape index (κ2) is 5.85. The molecule has 4 heteroatoms. The van der Waals surface area contributed by atoms with E-state index in [0.717, 1.165) is 23.7 Å². The molecular formula is C16H18N2OS. The van der Waals surface area contributed by atoms with E-state index in [2.05, 4.69) is 30.3 Å². The Kier molecular flexibility index (Phi) is 3.94. The summed E-state index contributed by atoms with van der Waals surface area (Å²) in [5.41, 5.74) is 7.19. The van der Waals surface area contributed by atoms with E-state index in [4.69, 9.17) is 5.73 Å². The van der Waals surface area contributed by atoms with Gasteiger partial charge in [0.2, 0.25) is 5.91 Å². The summed E-state index contributed by atoms with van der Waals surface area (Å²) in [5.74, 6) is 1.88. The molecule has 0 radical (unpaired) electrons. The van der Waals surface area contributed by atoms with Crippen LogP contribution in [0.3, 0.4) is 0 Å². The predicted molar refractivity (Wildman–Crippen MR) is 84.7 cm³/mol. The molecule has 3 rings (SSSR count). The molecule has 0 aliphatic carbocycles. The van der Waals surface area contributed by atoms with Crippen LogP contribution in [-0.2, 0) is 11.2 Å². The van der Waals surface area contributed by atoms with Gasteiger partial charge in [-0.2, -0.15) is 0 Å². The first-order valence-corrected chi connectivity index (χ1v) is 7.99. The molecule has 0 aromatic heterocycles. The summed E-state index contributed by atoms with van der Waals surface area (Å²) in [7, 11) is 0. The molecule has 0 spiro atoms. The summed E-state index contributed by atoms with van der Waals surface area (Å²) in [6, 6.07) is 14.1. The van der Waals surface area contributed by atoms with Crippen LogP contribution in [-0.4, -0.2) is 35.0 Å². The quantitative estimate of drug-likeness (QED) is 0.941. The van der Waals surface area contributed by atoms with E-state index in [1.807, 2.05) is 17.0 Å². The number of amides is 1. The molecule has 1 aliphatic rings. The lowest BCUT2D eigenvalue weighted by Gasteiger charge is -2.19. The summed E-state index contributed by atoms with van der Waals surface area (Å²) >= 11 is 1.79. The van der Waals surface area contributed by atoms with Crippen molar-refractivity contribution in [2.24, 2.45) is 5.73 Å². The summed E-state index contributed by atoms with van der Waals surface area (Å²) < 4.78 is 0. The number of hydrogen-bond donors (Lipinski definition) is 1. The van der Waals surface area contributed by atoms with Gasteiger partial charge in [0.05, 0.1) is 11.9 Å². The largest absolute Gasteiger partial charge is 0.331 e. The minimum Gasteiger partial charge on any atom is -0.331 e. The predicted octanol–water partition coefficient (Wildman–Crippen LogP) is 2.24. The first-order valence-electron chi connectivity index (χ1n) is 6.84. The van der Waals surface area contributed by atoms with Crippen molar-refractivity contribution in [2.75, 3.05) is 18.2 Å². The Balaban J connectivity index is 1.73. The van der Waals surface area contributed by atoms with Crippen molar-refractivity contribution in [3.8, 4) is 0 Å². The number of hydrogen-bond acceptors (Lipinski definition) is 3. The Morgan fingerprint density at radius 1 is 1.25 bits per heavy atom. The zero-order chi connectivity index (χ0) is 13.9. The minimum atomic E-state index is -0.435.